The number of benzene rings is 2. The predicted octanol–water partition coefficient (Wildman–Crippen LogP) is 4.02. The Hall–Kier alpha value is -1.63. The van der Waals surface area contributed by atoms with E-state index in [9.17, 15) is 4.39 Å². The minimum atomic E-state index is -1.26. The van der Waals surface area contributed by atoms with Gasteiger partial charge in [-0.2, -0.15) is 0 Å². The number of hydrogen-bond donors (Lipinski definition) is 0. The molecule has 2 aromatic carbocycles. The molecule has 1 aliphatic rings. The molecular formula is C16H15F. The Bertz CT molecular complexity index is 542. The van der Waals surface area contributed by atoms with Gasteiger partial charge in [-0.1, -0.05) is 55.5 Å². The number of fused-ring (bicyclic) bond motifs is 1. The quantitative estimate of drug-likeness (QED) is 0.725. The highest BCUT2D eigenvalue weighted by Gasteiger charge is 2.44. The van der Waals surface area contributed by atoms with E-state index >= 15 is 0 Å². The Balaban J connectivity index is 2.00. The van der Waals surface area contributed by atoms with Crippen LogP contribution in [-0.2, 0) is 18.5 Å². The van der Waals surface area contributed by atoms with Gasteiger partial charge in [0.05, 0.1) is 0 Å². The van der Waals surface area contributed by atoms with E-state index in [2.05, 4.69) is 6.92 Å². The molecule has 3 rings (SSSR count). The molecular weight excluding hydrogens is 211 g/mol. The fourth-order valence-electron chi connectivity index (χ4n) is 2.57. The third-order valence-corrected chi connectivity index (χ3v) is 3.70. The highest BCUT2D eigenvalue weighted by atomic mass is 19.1. The average Bonchev–Trinajstić information content (AvgIpc) is 2.37. The zero-order valence-corrected chi connectivity index (χ0v) is 9.91. The fourth-order valence-corrected chi connectivity index (χ4v) is 2.57. The molecule has 0 saturated heterocycles. The van der Waals surface area contributed by atoms with Crippen LogP contribution < -0.4 is 0 Å². The van der Waals surface area contributed by atoms with Crippen LogP contribution in [0.15, 0.2) is 48.5 Å². The van der Waals surface area contributed by atoms with Crippen LogP contribution in [-0.4, -0.2) is 0 Å². The van der Waals surface area contributed by atoms with Gasteiger partial charge in [0.2, 0.25) is 0 Å². The summed E-state index contributed by atoms with van der Waals surface area (Å²) in [5, 5.41) is 0. The van der Waals surface area contributed by atoms with Crippen molar-refractivity contribution in [2.45, 2.75) is 25.4 Å². The molecule has 1 atom stereocenters. The van der Waals surface area contributed by atoms with Gasteiger partial charge in [-0.05, 0) is 28.7 Å². The van der Waals surface area contributed by atoms with E-state index < -0.39 is 5.67 Å². The molecule has 0 spiro atoms. The average molecular weight is 226 g/mol. The van der Waals surface area contributed by atoms with Crippen molar-refractivity contribution in [1.82, 2.24) is 0 Å². The van der Waals surface area contributed by atoms with Gasteiger partial charge in [0.1, 0.15) is 0 Å². The molecule has 0 aromatic heterocycles. The summed E-state index contributed by atoms with van der Waals surface area (Å²) in [5.41, 5.74) is 2.75. The van der Waals surface area contributed by atoms with E-state index in [1.807, 2.05) is 48.5 Å². The van der Waals surface area contributed by atoms with E-state index in [-0.39, 0.29) is 0 Å². The lowest BCUT2D eigenvalue weighted by molar-refractivity contribution is 0.187. The molecule has 1 aliphatic carbocycles. The third kappa shape index (κ3) is 1.49. The first kappa shape index (κ1) is 10.5. The summed E-state index contributed by atoms with van der Waals surface area (Å²) in [7, 11) is 0. The third-order valence-electron chi connectivity index (χ3n) is 3.70. The molecule has 0 fully saturated rings. The number of halogens is 1. The minimum Gasteiger partial charge on any atom is -0.233 e. The second-order valence-corrected chi connectivity index (χ2v) is 4.69. The molecule has 0 nitrogen and oxygen atoms in total. The van der Waals surface area contributed by atoms with E-state index in [0.717, 1.165) is 23.1 Å². The van der Waals surface area contributed by atoms with Gasteiger partial charge >= 0.3 is 0 Å². The number of alkyl halides is 1. The van der Waals surface area contributed by atoms with Gasteiger partial charge in [0.25, 0.3) is 0 Å². The molecule has 0 aliphatic heterocycles. The maximum atomic E-state index is 14.9. The Kier molecular flexibility index (Phi) is 2.29. The van der Waals surface area contributed by atoms with Gasteiger partial charge < -0.3 is 0 Å². The molecule has 1 unspecified atom stereocenters. The summed E-state index contributed by atoms with van der Waals surface area (Å²) in [4.78, 5) is 0. The smallest absolute Gasteiger partial charge is 0.165 e. The van der Waals surface area contributed by atoms with E-state index in [0.29, 0.717) is 6.42 Å². The molecule has 0 amide bonds. The lowest BCUT2D eigenvalue weighted by atomic mass is 9.71. The summed E-state index contributed by atoms with van der Waals surface area (Å²) < 4.78 is 14.9. The van der Waals surface area contributed by atoms with Crippen molar-refractivity contribution in [2.75, 3.05) is 0 Å². The molecule has 86 valence electrons. The molecule has 0 heterocycles. The van der Waals surface area contributed by atoms with Gasteiger partial charge in [-0.25, -0.2) is 4.39 Å². The first-order chi connectivity index (χ1) is 8.24. The summed E-state index contributed by atoms with van der Waals surface area (Å²) in [6.45, 7) is 2.11. The van der Waals surface area contributed by atoms with Gasteiger partial charge in [-0.3, -0.25) is 0 Å². The molecule has 17 heavy (non-hydrogen) atoms. The van der Waals surface area contributed by atoms with E-state index in [1.165, 1.54) is 5.56 Å². The second kappa shape index (κ2) is 3.69. The number of aryl methyl sites for hydroxylation is 1. The summed E-state index contributed by atoms with van der Waals surface area (Å²) in [6.07, 6.45) is 1.50. The van der Waals surface area contributed by atoms with Gasteiger partial charge in [-0.15, -0.1) is 0 Å². The van der Waals surface area contributed by atoms with E-state index in [4.69, 9.17) is 0 Å². The Labute approximate surface area is 101 Å². The van der Waals surface area contributed by atoms with Crippen molar-refractivity contribution in [2.24, 2.45) is 0 Å². The monoisotopic (exact) mass is 226 g/mol. The van der Waals surface area contributed by atoms with Crippen molar-refractivity contribution in [3.05, 3.63) is 70.8 Å². The van der Waals surface area contributed by atoms with Crippen molar-refractivity contribution < 1.29 is 4.39 Å². The SMILES string of the molecule is CCc1ccc(C2(F)Cc3ccccc32)cc1. The predicted molar refractivity (Wildman–Crippen MR) is 67.9 cm³/mol. The Morgan fingerprint density at radius 3 is 2.41 bits per heavy atom. The summed E-state index contributed by atoms with van der Waals surface area (Å²) in [6, 6.07) is 15.7. The van der Waals surface area contributed by atoms with E-state index in [1.54, 1.807) is 0 Å². The zero-order valence-electron chi connectivity index (χ0n) is 9.91. The van der Waals surface area contributed by atoms with Gasteiger partial charge in [0, 0.05) is 6.42 Å². The molecule has 0 N–H and O–H groups in total. The Morgan fingerprint density at radius 1 is 1.06 bits per heavy atom. The lowest BCUT2D eigenvalue weighted by Gasteiger charge is -2.37. The van der Waals surface area contributed by atoms with Crippen molar-refractivity contribution in [3.8, 4) is 0 Å². The molecule has 0 radical (unpaired) electrons. The first-order valence-corrected chi connectivity index (χ1v) is 6.11. The van der Waals surface area contributed by atoms with Crippen LogP contribution in [0.3, 0.4) is 0 Å². The topological polar surface area (TPSA) is 0 Å². The second-order valence-electron chi connectivity index (χ2n) is 4.69. The molecule has 0 bridgehead atoms. The summed E-state index contributed by atoms with van der Waals surface area (Å²) in [5.74, 6) is 0. The van der Waals surface area contributed by atoms with Crippen molar-refractivity contribution in [3.63, 3.8) is 0 Å². The maximum absolute atomic E-state index is 14.9. The van der Waals surface area contributed by atoms with Gasteiger partial charge in [0.15, 0.2) is 5.67 Å². The van der Waals surface area contributed by atoms with Crippen LogP contribution in [0.4, 0.5) is 4.39 Å². The van der Waals surface area contributed by atoms with Crippen LogP contribution in [0.5, 0.6) is 0 Å². The largest absolute Gasteiger partial charge is 0.233 e. The molecule has 0 saturated carbocycles. The van der Waals surface area contributed by atoms with Crippen molar-refractivity contribution >= 4 is 0 Å². The lowest BCUT2D eigenvalue weighted by Crippen LogP contribution is -2.35. The zero-order chi connectivity index (χ0) is 11.9. The Morgan fingerprint density at radius 2 is 1.76 bits per heavy atom. The normalized spacial score (nSPS) is 21.8. The first-order valence-electron chi connectivity index (χ1n) is 6.11. The van der Waals surface area contributed by atoms with Crippen molar-refractivity contribution in [1.29, 1.82) is 0 Å². The minimum absolute atomic E-state index is 0.509. The summed E-state index contributed by atoms with van der Waals surface area (Å²) >= 11 is 0. The highest BCUT2D eigenvalue weighted by molar-refractivity contribution is 5.50. The molecule has 2 aromatic rings. The highest BCUT2D eigenvalue weighted by Crippen LogP contribution is 2.47. The van der Waals surface area contributed by atoms with Crippen LogP contribution in [0, 0.1) is 0 Å². The fraction of sp³-hybridized carbons (Fsp3) is 0.250. The van der Waals surface area contributed by atoms with Crippen LogP contribution in [0.1, 0.15) is 29.2 Å². The number of rotatable bonds is 2. The van der Waals surface area contributed by atoms with Crippen LogP contribution >= 0.6 is 0 Å². The molecule has 1 heteroatoms. The standard InChI is InChI=1S/C16H15F/c1-2-12-7-9-14(10-8-12)16(17)11-13-5-3-4-6-15(13)16/h3-10H,2,11H2,1H3. The van der Waals surface area contributed by atoms with Crippen LogP contribution in [0.25, 0.3) is 0 Å². The number of hydrogen-bond acceptors (Lipinski definition) is 0. The van der Waals surface area contributed by atoms with Crippen LogP contribution in [0.2, 0.25) is 0 Å². The maximum Gasteiger partial charge on any atom is 0.165 e.